The quantitative estimate of drug-likeness (QED) is 0.827. The van der Waals surface area contributed by atoms with Crippen LogP contribution < -0.4 is 0 Å². The summed E-state index contributed by atoms with van der Waals surface area (Å²) in [6.07, 6.45) is 6.99. The zero-order valence-electron chi connectivity index (χ0n) is 13.6. The van der Waals surface area contributed by atoms with Gasteiger partial charge in [-0.25, -0.2) is 8.42 Å². The molecule has 7 heteroatoms. The van der Waals surface area contributed by atoms with Crippen LogP contribution in [0.3, 0.4) is 0 Å². The van der Waals surface area contributed by atoms with Gasteiger partial charge in [0, 0.05) is 25.8 Å². The highest BCUT2D eigenvalue weighted by Gasteiger charge is 2.34. The molecule has 1 aliphatic rings. The second kappa shape index (κ2) is 6.75. The van der Waals surface area contributed by atoms with Gasteiger partial charge in [0.1, 0.15) is 10.6 Å². The molecule has 1 aliphatic carbocycles. The lowest BCUT2D eigenvalue weighted by Gasteiger charge is -2.32. The Morgan fingerprint density at radius 1 is 1.35 bits per heavy atom. The maximum absolute atomic E-state index is 13.3. The lowest BCUT2D eigenvalue weighted by molar-refractivity contribution is 0.261. The molecule has 0 aromatic carbocycles. The van der Waals surface area contributed by atoms with Crippen LogP contribution in [0.5, 0.6) is 0 Å². The number of rotatable bonds is 5. The van der Waals surface area contributed by atoms with Gasteiger partial charge in [0.25, 0.3) is 0 Å². The minimum Gasteiger partial charge on any atom is -0.274 e. The zero-order valence-corrected chi connectivity index (χ0v) is 15.2. The summed E-state index contributed by atoms with van der Waals surface area (Å²) in [5.41, 5.74) is 0.566. The first-order valence-electron chi connectivity index (χ1n) is 8.13. The van der Waals surface area contributed by atoms with E-state index in [9.17, 15) is 8.42 Å². The van der Waals surface area contributed by atoms with Crippen molar-refractivity contribution in [3.8, 4) is 10.6 Å². The van der Waals surface area contributed by atoms with Crippen LogP contribution in [0.4, 0.5) is 0 Å². The van der Waals surface area contributed by atoms with Gasteiger partial charge in [-0.05, 0) is 24.3 Å². The van der Waals surface area contributed by atoms with E-state index in [1.54, 1.807) is 22.2 Å². The van der Waals surface area contributed by atoms with Crippen LogP contribution in [0.25, 0.3) is 10.6 Å². The summed E-state index contributed by atoms with van der Waals surface area (Å²) >= 11 is 1.52. The molecule has 0 unspecified atom stereocenters. The van der Waals surface area contributed by atoms with E-state index in [0.29, 0.717) is 17.1 Å². The van der Waals surface area contributed by atoms with E-state index >= 15 is 0 Å². The van der Waals surface area contributed by atoms with Crippen molar-refractivity contribution in [1.29, 1.82) is 0 Å². The highest BCUT2D eigenvalue weighted by atomic mass is 32.2. The average Bonchev–Trinajstić information content (AvgIpc) is 3.18. The molecule has 2 aromatic rings. The Labute approximate surface area is 142 Å². The predicted octanol–water partition coefficient (Wildman–Crippen LogP) is 3.49. The molecule has 0 saturated heterocycles. The maximum Gasteiger partial charge on any atom is 0.247 e. The number of aromatic nitrogens is 2. The minimum atomic E-state index is -3.53. The topological polar surface area (TPSA) is 55.2 Å². The summed E-state index contributed by atoms with van der Waals surface area (Å²) in [5.74, 6) is 0. The summed E-state index contributed by atoms with van der Waals surface area (Å²) in [6, 6.07) is 3.96. The van der Waals surface area contributed by atoms with Gasteiger partial charge in [0.2, 0.25) is 10.0 Å². The molecular formula is C16H23N3O2S2. The molecule has 0 atom stereocenters. The van der Waals surface area contributed by atoms with Gasteiger partial charge in [0.05, 0.1) is 4.88 Å². The monoisotopic (exact) mass is 353 g/mol. The Morgan fingerprint density at radius 2 is 2.09 bits per heavy atom. The largest absolute Gasteiger partial charge is 0.274 e. The number of nitrogens with zero attached hydrogens (tertiary/aromatic N) is 3. The van der Waals surface area contributed by atoms with Crippen molar-refractivity contribution in [1.82, 2.24) is 14.1 Å². The molecule has 0 amide bonds. The van der Waals surface area contributed by atoms with Crippen LogP contribution in [-0.4, -0.2) is 35.1 Å². The van der Waals surface area contributed by atoms with Crippen molar-refractivity contribution in [2.45, 2.75) is 50.0 Å². The second-order valence-electron chi connectivity index (χ2n) is 5.99. The van der Waals surface area contributed by atoms with E-state index in [2.05, 4.69) is 5.10 Å². The first kappa shape index (κ1) is 16.7. The third kappa shape index (κ3) is 3.22. The van der Waals surface area contributed by atoms with Crippen LogP contribution >= 0.6 is 11.3 Å². The molecular weight excluding hydrogens is 330 g/mol. The summed E-state index contributed by atoms with van der Waals surface area (Å²) in [7, 11) is -1.76. The van der Waals surface area contributed by atoms with Gasteiger partial charge >= 0.3 is 0 Å². The molecule has 1 saturated carbocycles. The summed E-state index contributed by atoms with van der Waals surface area (Å²) < 4.78 is 29.8. The molecule has 5 nitrogen and oxygen atoms in total. The van der Waals surface area contributed by atoms with Crippen LogP contribution in [0, 0.1) is 0 Å². The first-order valence-corrected chi connectivity index (χ1v) is 10.5. The van der Waals surface area contributed by atoms with Crippen LogP contribution in [0.1, 0.15) is 39.0 Å². The highest BCUT2D eigenvalue weighted by molar-refractivity contribution is 7.89. The molecule has 0 N–H and O–H groups in total. The average molecular weight is 354 g/mol. The van der Waals surface area contributed by atoms with Gasteiger partial charge in [-0.3, -0.25) is 4.68 Å². The predicted molar refractivity (Wildman–Crippen MR) is 93.0 cm³/mol. The summed E-state index contributed by atoms with van der Waals surface area (Å²) in [4.78, 5) is 1.22. The van der Waals surface area contributed by atoms with Crippen molar-refractivity contribution >= 4 is 21.4 Å². The van der Waals surface area contributed by atoms with Crippen molar-refractivity contribution in [3.05, 3.63) is 23.7 Å². The fraction of sp³-hybridized carbons (Fsp3) is 0.562. The van der Waals surface area contributed by atoms with Crippen LogP contribution in [-0.2, 0) is 17.1 Å². The van der Waals surface area contributed by atoms with E-state index in [1.165, 1.54) is 17.8 Å². The van der Waals surface area contributed by atoms with Crippen molar-refractivity contribution in [2.24, 2.45) is 7.05 Å². The first-order chi connectivity index (χ1) is 11.0. The van der Waals surface area contributed by atoms with Crippen molar-refractivity contribution in [3.63, 3.8) is 0 Å². The zero-order chi connectivity index (χ0) is 16.4. The van der Waals surface area contributed by atoms with Gasteiger partial charge in [0.15, 0.2) is 0 Å². The minimum absolute atomic E-state index is 0.121. The Balaban J connectivity index is 2.02. The number of thiophene rings is 1. The van der Waals surface area contributed by atoms with E-state index in [-0.39, 0.29) is 6.04 Å². The molecule has 0 radical (unpaired) electrons. The van der Waals surface area contributed by atoms with Crippen molar-refractivity contribution < 1.29 is 8.42 Å². The molecule has 3 rings (SSSR count). The molecule has 0 bridgehead atoms. The van der Waals surface area contributed by atoms with Gasteiger partial charge < -0.3 is 0 Å². The van der Waals surface area contributed by atoms with E-state index in [0.717, 1.165) is 30.6 Å². The fourth-order valence-corrected chi connectivity index (χ4v) is 6.02. The molecule has 0 aliphatic heterocycles. The molecule has 2 aromatic heterocycles. The Hall–Kier alpha value is -1.18. The molecule has 1 fully saturated rings. The standard InChI is InChI=1S/C16H23N3O2S2/c1-3-19(13-8-5-4-6-9-13)23(20,21)15-12-18(2)17-16(15)14-10-7-11-22-14/h7,10-13H,3-6,8-9H2,1-2H3. The smallest absolute Gasteiger partial charge is 0.247 e. The van der Waals surface area contributed by atoms with Gasteiger partial charge in [-0.15, -0.1) is 11.3 Å². The fourth-order valence-electron chi connectivity index (χ4n) is 3.36. The summed E-state index contributed by atoms with van der Waals surface area (Å²) in [6.45, 7) is 2.43. The van der Waals surface area contributed by atoms with Gasteiger partial charge in [-0.2, -0.15) is 9.40 Å². The SMILES string of the molecule is CCN(C1CCCCC1)S(=O)(=O)c1cn(C)nc1-c1cccs1. The number of sulfonamides is 1. The van der Waals surface area contributed by atoms with E-state index < -0.39 is 10.0 Å². The lowest BCUT2D eigenvalue weighted by atomic mass is 9.95. The molecule has 23 heavy (non-hydrogen) atoms. The van der Waals surface area contributed by atoms with Crippen LogP contribution in [0.15, 0.2) is 28.6 Å². The Bertz CT molecular complexity index is 744. The number of aryl methyl sites for hydroxylation is 1. The number of hydrogen-bond acceptors (Lipinski definition) is 4. The lowest BCUT2D eigenvalue weighted by Crippen LogP contribution is -2.41. The highest BCUT2D eigenvalue weighted by Crippen LogP contribution is 2.33. The second-order valence-corrected chi connectivity index (χ2v) is 8.80. The van der Waals surface area contributed by atoms with Gasteiger partial charge in [-0.1, -0.05) is 32.3 Å². The molecule has 126 valence electrons. The van der Waals surface area contributed by atoms with E-state index in [4.69, 9.17) is 0 Å². The van der Waals surface area contributed by atoms with Crippen LogP contribution in [0.2, 0.25) is 0 Å². The molecule has 0 spiro atoms. The third-order valence-corrected chi connectivity index (χ3v) is 7.34. The normalized spacial score (nSPS) is 17.0. The summed E-state index contributed by atoms with van der Waals surface area (Å²) in [5, 5.41) is 6.35. The third-order valence-electron chi connectivity index (χ3n) is 4.43. The van der Waals surface area contributed by atoms with E-state index in [1.807, 2.05) is 24.4 Å². The van der Waals surface area contributed by atoms with Crippen molar-refractivity contribution in [2.75, 3.05) is 6.54 Å². The Kier molecular flexibility index (Phi) is 4.89. The Morgan fingerprint density at radius 3 is 2.70 bits per heavy atom. The maximum atomic E-state index is 13.3. The molecule has 2 heterocycles. The number of hydrogen-bond donors (Lipinski definition) is 0.